The van der Waals surface area contributed by atoms with Gasteiger partial charge < -0.3 is 10.1 Å². The summed E-state index contributed by atoms with van der Waals surface area (Å²) in [6, 6.07) is 6.95. The molecule has 17 heavy (non-hydrogen) atoms. The van der Waals surface area contributed by atoms with Gasteiger partial charge in [0, 0.05) is 19.2 Å². The van der Waals surface area contributed by atoms with Gasteiger partial charge in [-0.25, -0.2) is 4.39 Å². The summed E-state index contributed by atoms with van der Waals surface area (Å²) >= 11 is 0. The minimum absolute atomic E-state index is 0.180. The van der Waals surface area contributed by atoms with Gasteiger partial charge in [-0.2, -0.15) is 0 Å². The van der Waals surface area contributed by atoms with Gasteiger partial charge in [0.05, 0.1) is 6.10 Å². The average molecular weight is 239 g/mol. The number of hydrogen-bond acceptors (Lipinski definition) is 2. The topological polar surface area (TPSA) is 21.3 Å². The predicted octanol–water partition coefficient (Wildman–Crippen LogP) is 3.29. The fourth-order valence-electron chi connectivity index (χ4n) is 1.87. The Morgan fingerprint density at radius 1 is 1.35 bits per heavy atom. The molecule has 96 valence electrons. The lowest BCUT2D eigenvalue weighted by Gasteiger charge is -2.20. The van der Waals surface area contributed by atoms with Crippen molar-refractivity contribution in [3.8, 4) is 0 Å². The maximum Gasteiger partial charge on any atom is 0.123 e. The van der Waals surface area contributed by atoms with Crippen LogP contribution in [0.5, 0.6) is 0 Å². The number of nitrogens with one attached hydrogen (secondary N) is 1. The molecule has 2 nitrogen and oxygen atoms in total. The highest BCUT2D eigenvalue weighted by molar-refractivity contribution is 5.20. The van der Waals surface area contributed by atoms with Gasteiger partial charge in [-0.1, -0.05) is 19.1 Å². The molecular weight excluding hydrogens is 217 g/mol. The maximum absolute atomic E-state index is 13.1. The summed E-state index contributed by atoms with van der Waals surface area (Å²) in [4.78, 5) is 0. The third kappa shape index (κ3) is 4.84. The zero-order valence-electron chi connectivity index (χ0n) is 10.9. The molecule has 3 heteroatoms. The Morgan fingerprint density at radius 2 is 2.12 bits per heavy atom. The molecule has 0 aliphatic carbocycles. The molecule has 0 saturated heterocycles. The van der Waals surface area contributed by atoms with Crippen molar-refractivity contribution < 1.29 is 9.13 Å². The first-order valence-electron chi connectivity index (χ1n) is 6.27. The summed E-state index contributed by atoms with van der Waals surface area (Å²) < 4.78 is 18.6. The number of benzene rings is 1. The third-order valence-corrected chi connectivity index (χ3v) is 2.76. The Morgan fingerprint density at radius 3 is 2.71 bits per heavy atom. The Labute approximate surface area is 103 Å². The standard InChI is InChI=1S/C14H22FNO/c1-4-14(16-10-11(3)17-5-2)12-7-6-8-13(15)9-12/h6-9,11,14,16H,4-5,10H2,1-3H3. The lowest BCUT2D eigenvalue weighted by molar-refractivity contribution is 0.0738. The van der Waals surface area contributed by atoms with Gasteiger partial charge in [-0.05, 0) is 38.0 Å². The van der Waals surface area contributed by atoms with Crippen LogP contribution >= 0.6 is 0 Å². The normalized spacial score (nSPS) is 14.6. The van der Waals surface area contributed by atoms with Gasteiger partial charge in [0.2, 0.25) is 0 Å². The molecule has 0 aromatic heterocycles. The van der Waals surface area contributed by atoms with E-state index in [1.165, 1.54) is 6.07 Å². The fourth-order valence-corrected chi connectivity index (χ4v) is 1.87. The lowest BCUT2D eigenvalue weighted by atomic mass is 10.0. The van der Waals surface area contributed by atoms with Crippen molar-refractivity contribution in [2.45, 2.75) is 39.3 Å². The minimum atomic E-state index is -0.180. The van der Waals surface area contributed by atoms with Crippen molar-refractivity contribution in [2.75, 3.05) is 13.2 Å². The first kappa shape index (κ1) is 14.1. The van der Waals surface area contributed by atoms with Gasteiger partial charge >= 0.3 is 0 Å². The Balaban J connectivity index is 2.54. The van der Waals surface area contributed by atoms with E-state index in [2.05, 4.69) is 12.2 Å². The van der Waals surface area contributed by atoms with E-state index in [9.17, 15) is 4.39 Å². The van der Waals surface area contributed by atoms with E-state index in [0.717, 1.165) is 25.1 Å². The Kier molecular flexibility index (Phi) is 6.16. The zero-order chi connectivity index (χ0) is 12.7. The van der Waals surface area contributed by atoms with E-state index in [4.69, 9.17) is 4.74 Å². The van der Waals surface area contributed by atoms with Crippen LogP contribution in [-0.4, -0.2) is 19.3 Å². The molecule has 0 saturated carbocycles. The van der Waals surface area contributed by atoms with Crippen LogP contribution in [0.1, 0.15) is 38.8 Å². The molecule has 1 aromatic rings. The minimum Gasteiger partial charge on any atom is -0.377 e. The Hall–Kier alpha value is -0.930. The SMILES string of the molecule is CCOC(C)CNC(CC)c1cccc(F)c1. The van der Waals surface area contributed by atoms with E-state index in [-0.39, 0.29) is 18.0 Å². The summed E-state index contributed by atoms with van der Waals surface area (Å²) in [6.45, 7) is 7.62. The molecule has 2 unspecified atom stereocenters. The average Bonchev–Trinajstić information content (AvgIpc) is 2.30. The van der Waals surface area contributed by atoms with Gasteiger partial charge in [-0.15, -0.1) is 0 Å². The molecular formula is C14H22FNO. The summed E-state index contributed by atoms with van der Waals surface area (Å²) in [5.41, 5.74) is 0.996. The molecule has 0 radical (unpaired) electrons. The first-order chi connectivity index (χ1) is 8.17. The van der Waals surface area contributed by atoms with Gasteiger partial charge in [0.25, 0.3) is 0 Å². The highest BCUT2D eigenvalue weighted by Crippen LogP contribution is 2.17. The maximum atomic E-state index is 13.1. The molecule has 1 rings (SSSR count). The second kappa shape index (κ2) is 7.41. The van der Waals surface area contributed by atoms with Crippen molar-refractivity contribution in [1.29, 1.82) is 0 Å². The van der Waals surface area contributed by atoms with Crippen LogP contribution in [0.25, 0.3) is 0 Å². The van der Waals surface area contributed by atoms with E-state index in [1.54, 1.807) is 12.1 Å². The van der Waals surface area contributed by atoms with Crippen molar-refractivity contribution in [3.63, 3.8) is 0 Å². The molecule has 2 atom stereocenters. The molecule has 1 N–H and O–H groups in total. The van der Waals surface area contributed by atoms with Crippen molar-refractivity contribution in [2.24, 2.45) is 0 Å². The summed E-state index contributed by atoms with van der Waals surface area (Å²) in [5.74, 6) is -0.180. The molecule has 1 aromatic carbocycles. The van der Waals surface area contributed by atoms with Crippen LogP contribution in [0.4, 0.5) is 4.39 Å². The van der Waals surface area contributed by atoms with E-state index >= 15 is 0 Å². The van der Waals surface area contributed by atoms with Gasteiger partial charge in [0.15, 0.2) is 0 Å². The zero-order valence-corrected chi connectivity index (χ0v) is 10.9. The molecule has 0 aliphatic rings. The van der Waals surface area contributed by atoms with Crippen LogP contribution in [0, 0.1) is 5.82 Å². The number of ether oxygens (including phenoxy) is 1. The highest BCUT2D eigenvalue weighted by Gasteiger charge is 2.10. The van der Waals surface area contributed by atoms with Crippen LogP contribution in [0.3, 0.4) is 0 Å². The van der Waals surface area contributed by atoms with E-state index in [0.29, 0.717) is 0 Å². The van der Waals surface area contributed by atoms with Crippen LogP contribution in [0.15, 0.2) is 24.3 Å². The molecule has 0 heterocycles. The fraction of sp³-hybridized carbons (Fsp3) is 0.571. The largest absolute Gasteiger partial charge is 0.377 e. The molecule has 0 aliphatic heterocycles. The van der Waals surface area contributed by atoms with Crippen molar-refractivity contribution >= 4 is 0 Å². The van der Waals surface area contributed by atoms with Crippen LogP contribution in [0.2, 0.25) is 0 Å². The monoisotopic (exact) mass is 239 g/mol. The smallest absolute Gasteiger partial charge is 0.123 e. The van der Waals surface area contributed by atoms with Crippen molar-refractivity contribution in [3.05, 3.63) is 35.6 Å². The molecule has 0 bridgehead atoms. The van der Waals surface area contributed by atoms with Crippen LogP contribution in [-0.2, 0) is 4.74 Å². The van der Waals surface area contributed by atoms with Crippen LogP contribution < -0.4 is 5.32 Å². The summed E-state index contributed by atoms with van der Waals surface area (Å²) in [6.07, 6.45) is 1.12. The number of halogens is 1. The molecule has 0 spiro atoms. The summed E-state index contributed by atoms with van der Waals surface area (Å²) in [7, 11) is 0. The summed E-state index contributed by atoms with van der Waals surface area (Å²) in [5, 5.41) is 3.41. The first-order valence-corrected chi connectivity index (χ1v) is 6.27. The Bertz CT molecular complexity index is 330. The van der Waals surface area contributed by atoms with E-state index in [1.807, 2.05) is 19.9 Å². The van der Waals surface area contributed by atoms with Gasteiger partial charge in [0.1, 0.15) is 5.82 Å². The predicted molar refractivity (Wildman–Crippen MR) is 68.5 cm³/mol. The van der Waals surface area contributed by atoms with Crippen molar-refractivity contribution in [1.82, 2.24) is 5.32 Å². The molecule has 0 amide bonds. The molecule has 0 fully saturated rings. The second-order valence-electron chi connectivity index (χ2n) is 4.19. The number of hydrogen-bond donors (Lipinski definition) is 1. The van der Waals surface area contributed by atoms with E-state index < -0.39 is 0 Å². The lowest BCUT2D eigenvalue weighted by Crippen LogP contribution is -2.30. The quantitative estimate of drug-likeness (QED) is 0.788. The number of rotatable bonds is 7. The van der Waals surface area contributed by atoms with Gasteiger partial charge in [-0.3, -0.25) is 0 Å². The highest BCUT2D eigenvalue weighted by atomic mass is 19.1. The third-order valence-electron chi connectivity index (χ3n) is 2.76. The second-order valence-corrected chi connectivity index (χ2v) is 4.19.